The minimum atomic E-state index is -0.307. The molecule has 0 aliphatic heterocycles. The van der Waals surface area contributed by atoms with E-state index in [-0.39, 0.29) is 5.91 Å². The van der Waals surface area contributed by atoms with E-state index in [9.17, 15) is 4.79 Å². The Morgan fingerprint density at radius 2 is 1.95 bits per heavy atom. The number of benzene rings is 2. The quantitative estimate of drug-likeness (QED) is 0.259. The molecule has 0 bridgehead atoms. The van der Waals surface area contributed by atoms with Crippen LogP contribution < -0.4 is 26.0 Å². The first kappa shape index (κ1) is 26.6. The molecule has 0 spiro atoms. The lowest BCUT2D eigenvalue weighted by atomic mass is 10.1. The van der Waals surface area contributed by atoms with Gasteiger partial charge in [-0.15, -0.1) is 0 Å². The summed E-state index contributed by atoms with van der Waals surface area (Å²) in [4.78, 5) is 25.5. The highest BCUT2D eigenvalue weighted by Crippen LogP contribution is 2.38. The number of ether oxygens (including phenoxy) is 1. The van der Waals surface area contributed by atoms with Gasteiger partial charge in [-0.2, -0.15) is 4.98 Å². The summed E-state index contributed by atoms with van der Waals surface area (Å²) in [5, 5.41) is 7.25. The molecule has 1 amide bonds. The number of rotatable bonds is 11. The van der Waals surface area contributed by atoms with Gasteiger partial charge in [0.1, 0.15) is 11.6 Å². The van der Waals surface area contributed by atoms with Gasteiger partial charge < -0.3 is 35.5 Å². The second-order valence-electron chi connectivity index (χ2n) is 9.13. The minimum Gasteiger partial charge on any atom is -0.494 e. The number of nitrogens with zero attached hydrogens (tertiary/aromatic N) is 5. The van der Waals surface area contributed by atoms with E-state index < -0.39 is 0 Å². The second-order valence-corrected chi connectivity index (χ2v) is 9.13. The normalized spacial score (nSPS) is 11.0. The topological polar surface area (TPSA) is 114 Å². The number of nitrogens with one attached hydrogen (secondary N) is 2. The van der Waals surface area contributed by atoms with E-state index in [4.69, 9.17) is 15.5 Å². The van der Waals surface area contributed by atoms with Gasteiger partial charge in [0.05, 0.1) is 29.7 Å². The Morgan fingerprint density at radius 1 is 1.13 bits per heavy atom. The molecule has 0 unspecified atom stereocenters. The zero-order chi connectivity index (χ0) is 27.2. The van der Waals surface area contributed by atoms with Crippen LogP contribution in [0.5, 0.6) is 5.75 Å². The summed E-state index contributed by atoms with van der Waals surface area (Å²) in [7, 11) is 7.61. The number of hydrogen-bond donors (Lipinski definition) is 3. The molecule has 4 N–H and O–H groups in total. The van der Waals surface area contributed by atoms with Gasteiger partial charge in [0.15, 0.2) is 0 Å². The summed E-state index contributed by atoms with van der Waals surface area (Å²) < 4.78 is 7.70. The lowest BCUT2D eigenvalue weighted by molar-refractivity contribution is -0.111. The van der Waals surface area contributed by atoms with Crippen LogP contribution >= 0.6 is 0 Å². The Hall–Kier alpha value is -4.41. The van der Waals surface area contributed by atoms with Crippen LogP contribution in [-0.4, -0.2) is 66.7 Å². The maximum absolute atomic E-state index is 12.2. The number of anilines is 4. The molecule has 0 saturated heterocycles. The van der Waals surface area contributed by atoms with Crippen LogP contribution in [0.15, 0.2) is 67.5 Å². The van der Waals surface area contributed by atoms with Crippen molar-refractivity contribution in [2.24, 2.45) is 5.73 Å². The molecule has 2 aromatic carbocycles. The summed E-state index contributed by atoms with van der Waals surface area (Å²) in [6.45, 7) is 5.66. The third kappa shape index (κ3) is 5.93. The van der Waals surface area contributed by atoms with Crippen molar-refractivity contribution in [3.05, 3.63) is 73.1 Å². The van der Waals surface area contributed by atoms with Gasteiger partial charge in [0.2, 0.25) is 11.9 Å². The van der Waals surface area contributed by atoms with Gasteiger partial charge in [-0.05, 0) is 56.1 Å². The summed E-state index contributed by atoms with van der Waals surface area (Å²) in [5.41, 5.74) is 9.92. The summed E-state index contributed by atoms with van der Waals surface area (Å²) >= 11 is 0. The number of carbonyl (C=O) groups is 1. The van der Waals surface area contributed by atoms with Gasteiger partial charge in [-0.3, -0.25) is 4.79 Å². The fourth-order valence-corrected chi connectivity index (χ4v) is 4.09. The first-order chi connectivity index (χ1) is 18.3. The Labute approximate surface area is 222 Å². The molecule has 2 heterocycles. The standard InChI is InChI=1S/C28H34N8O2/c1-6-27(37)31-21-16-22(25(38-5)17-24(21)35(4)14-13-34(2)3)32-28-30-11-9-26(33-28)36-12-10-20-15-19(18-29)7-8-23(20)36/h6-12,15-17H,1,13-14,18,29H2,2-5H3,(H,31,37)(H,30,32,33). The highest BCUT2D eigenvalue weighted by Gasteiger charge is 2.17. The minimum absolute atomic E-state index is 0.307. The number of aromatic nitrogens is 3. The van der Waals surface area contributed by atoms with Gasteiger partial charge in [0.25, 0.3) is 0 Å². The first-order valence-corrected chi connectivity index (χ1v) is 12.2. The number of nitrogens with two attached hydrogens (primary N) is 1. The molecule has 10 heteroatoms. The lowest BCUT2D eigenvalue weighted by Crippen LogP contribution is -2.29. The van der Waals surface area contributed by atoms with E-state index in [1.54, 1.807) is 13.3 Å². The summed E-state index contributed by atoms with van der Waals surface area (Å²) in [5.74, 6) is 1.37. The molecular formula is C28H34N8O2. The van der Waals surface area contributed by atoms with Gasteiger partial charge in [0, 0.05) is 50.5 Å². The van der Waals surface area contributed by atoms with E-state index in [0.717, 1.165) is 35.2 Å². The van der Waals surface area contributed by atoms with Gasteiger partial charge in [-0.25, -0.2) is 4.98 Å². The number of carbonyl (C=O) groups excluding carboxylic acids is 1. The van der Waals surface area contributed by atoms with Crippen LogP contribution in [-0.2, 0) is 11.3 Å². The van der Waals surface area contributed by atoms with Crippen molar-refractivity contribution in [1.29, 1.82) is 0 Å². The largest absolute Gasteiger partial charge is 0.494 e. The van der Waals surface area contributed by atoms with Gasteiger partial charge >= 0.3 is 0 Å². The zero-order valence-corrected chi connectivity index (χ0v) is 22.2. The molecule has 10 nitrogen and oxygen atoms in total. The third-order valence-corrected chi connectivity index (χ3v) is 6.18. The molecule has 4 aromatic rings. The molecular weight excluding hydrogens is 480 g/mol. The van der Waals surface area contributed by atoms with Crippen LogP contribution in [0.25, 0.3) is 16.7 Å². The predicted molar refractivity (Wildman–Crippen MR) is 154 cm³/mol. The lowest BCUT2D eigenvalue weighted by Gasteiger charge is -2.26. The smallest absolute Gasteiger partial charge is 0.247 e. The van der Waals surface area contributed by atoms with E-state index in [0.29, 0.717) is 35.4 Å². The van der Waals surface area contributed by atoms with Crippen LogP contribution in [0.4, 0.5) is 23.0 Å². The van der Waals surface area contributed by atoms with Crippen molar-refractivity contribution >= 4 is 39.8 Å². The molecule has 0 aliphatic rings. The zero-order valence-electron chi connectivity index (χ0n) is 22.2. The average Bonchev–Trinajstić information content (AvgIpc) is 3.35. The van der Waals surface area contributed by atoms with Crippen molar-refractivity contribution in [2.75, 3.05) is 56.9 Å². The maximum atomic E-state index is 12.2. The molecule has 0 aliphatic carbocycles. The molecule has 0 atom stereocenters. The van der Waals surface area contributed by atoms with E-state index in [1.807, 2.05) is 68.3 Å². The van der Waals surface area contributed by atoms with Crippen LogP contribution in [0, 0.1) is 0 Å². The van der Waals surface area contributed by atoms with Crippen molar-refractivity contribution in [3.63, 3.8) is 0 Å². The molecule has 0 saturated carbocycles. The van der Waals surface area contributed by atoms with Crippen molar-refractivity contribution in [3.8, 4) is 11.6 Å². The number of likely N-dealkylation sites (N-methyl/N-ethyl adjacent to an activating group) is 2. The fraction of sp³-hybridized carbons (Fsp3) is 0.250. The molecule has 38 heavy (non-hydrogen) atoms. The molecule has 4 rings (SSSR count). The Morgan fingerprint density at radius 3 is 2.66 bits per heavy atom. The maximum Gasteiger partial charge on any atom is 0.247 e. The van der Waals surface area contributed by atoms with Crippen molar-refractivity contribution in [2.45, 2.75) is 6.54 Å². The van der Waals surface area contributed by atoms with E-state index >= 15 is 0 Å². The third-order valence-electron chi connectivity index (χ3n) is 6.18. The number of amides is 1. The summed E-state index contributed by atoms with van der Waals surface area (Å²) in [6, 6.07) is 13.7. The van der Waals surface area contributed by atoms with Crippen LogP contribution in [0.2, 0.25) is 0 Å². The van der Waals surface area contributed by atoms with Crippen LogP contribution in [0.1, 0.15) is 5.56 Å². The number of methoxy groups -OCH3 is 1. The summed E-state index contributed by atoms with van der Waals surface area (Å²) in [6.07, 6.45) is 4.91. The highest BCUT2D eigenvalue weighted by molar-refractivity contribution is 6.02. The van der Waals surface area contributed by atoms with Gasteiger partial charge in [-0.1, -0.05) is 12.6 Å². The monoisotopic (exact) mass is 514 g/mol. The average molecular weight is 515 g/mol. The SMILES string of the molecule is C=CC(=O)Nc1cc(Nc2nccc(-n3ccc4cc(CN)ccc43)n2)c(OC)cc1N(C)CCN(C)C. The first-order valence-electron chi connectivity index (χ1n) is 12.2. The number of fused-ring (bicyclic) bond motifs is 1. The molecule has 198 valence electrons. The Bertz CT molecular complexity index is 1450. The fourth-order valence-electron chi connectivity index (χ4n) is 4.09. The van der Waals surface area contributed by atoms with E-state index in [2.05, 4.69) is 38.1 Å². The Kier molecular flexibility index (Phi) is 8.25. The Balaban J connectivity index is 1.68. The molecule has 2 aromatic heterocycles. The van der Waals surface area contributed by atoms with E-state index in [1.165, 1.54) is 6.08 Å². The van der Waals surface area contributed by atoms with Crippen molar-refractivity contribution < 1.29 is 9.53 Å². The van der Waals surface area contributed by atoms with Crippen LogP contribution in [0.3, 0.4) is 0 Å². The highest BCUT2D eigenvalue weighted by atomic mass is 16.5. The predicted octanol–water partition coefficient (Wildman–Crippen LogP) is 3.75. The second kappa shape index (κ2) is 11.8. The molecule has 0 fully saturated rings. The number of hydrogen-bond acceptors (Lipinski definition) is 8. The molecule has 0 radical (unpaired) electrons. The van der Waals surface area contributed by atoms with Crippen molar-refractivity contribution in [1.82, 2.24) is 19.4 Å².